The van der Waals surface area contributed by atoms with Crippen molar-refractivity contribution in [1.29, 1.82) is 0 Å². The molecule has 0 spiro atoms. The summed E-state index contributed by atoms with van der Waals surface area (Å²) < 4.78 is 7.19. The summed E-state index contributed by atoms with van der Waals surface area (Å²) in [6.07, 6.45) is 4.08. The number of furan rings is 1. The molecule has 0 unspecified atom stereocenters. The molecule has 0 aliphatic rings. The summed E-state index contributed by atoms with van der Waals surface area (Å²) in [5.74, 6) is 1.77. The molecule has 1 amide bonds. The van der Waals surface area contributed by atoms with Crippen LogP contribution in [0.4, 0.5) is 0 Å². The van der Waals surface area contributed by atoms with E-state index in [0.29, 0.717) is 24.7 Å². The number of amides is 1. The fourth-order valence-corrected chi connectivity index (χ4v) is 3.22. The van der Waals surface area contributed by atoms with Gasteiger partial charge in [-0.15, -0.1) is 16.8 Å². The van der Waals surface area contributed by atoms with Gasteiger partial charge < -0.3 is 14.3 Å². The van der Waals surface area contributed by atoms with Gasteiger partial charge in [0, 0.05) is 13.0 Å². The molecule has 0 atom stereocenters. The first kappa shape index (κ1) is 18.0. The molecule has 1 aromatic carbocycles. The summed E-state index contributed by atoms with van der Waals surface area (Å²) in [6, 6.07) is 13.7. The molecule has 1 N–H and O–H groups in total. The molecule has 0 aliphatic heterocycles. The molecule has 0 saturated heterocycles. The van der Waals surface area contributed by atoms with E-state index in [1.807, 2.05) is 28.8 Å². The van der Waals surface area contributed by atoms with Crippen molar-refractivity contribution in [1.82, 2.24) is 20.1 Å². The molecule has 3 rings (SSSR count). The lowest BCUT2D eigenvalue weighted by atomic mass is 10.1. The smallest absolute Gasteiger partial charge is 0.230 e. The van der Waals surface area contributed by atoms with Crippen molar-refractivity contribution in [2.45, 2.75) is 24.7 Å². The predicted octanol–water partition coefficient (Wildman–Crippen LogP) is 3.06. The number of hydrogen-bond acceptors (Lipinski definition) is 5. The number of rotatable bonds is 9. The zero-order valence-electron chi connectivity index (χ0n) is 14.3. The molecule has 2 heterocycles. The first-order chi connectivity index (χ1) is 12.8. The van der Waals surface area contributed by atoms with E-state index >= 15 is 0 Å². The van der Waals surface area contributed by atoms with Crippen LogP contribution < -0.4 is 5.32 Å². The van der Waals surface area contributed by atoms with Crippen molar-refractivity contribution in [2.75, 3.05) is 5.75 Å². The number of nitrogens with zero attached hydrogens (tertiary/aromatic N) is 3. The monoisotopic (exact) mass is 368 g/mol. The number of aromatic nitrogens is 3. The van der Waals surface area contributed by atoms with E-state index < -0.39 is 0 Å². The van der Waals surface area contributed by atoms with E-state index in [-0.39, 0.29) is 11.7 Å². The molecule has 0 aliphatic carbocycles. The summed E-state index contributed by atoms with van der Waals surface area (Å²) in [5, 5.41) is 12.1. The zero-order valence-corrected chi connectivity index (χ0v) is 15.1. The lowest BCUT2D eigenvalue weighted by molar-refractivity contribution is -0.118. The molecule has 2 aromatic heterocycles. The van der Waals surface area contributed by atoms with Crippen molar-refractivity contribution in [3.05, 3.63) is 78.5 Å². The van der Waals surface area contributed by atoms with Gasteiger partial charge in [-0.3, -0.25) is 4.79 Å². The Balaban J connectivity index is 1.60. The van der Waals surface area contributed by atoms with Crippen LogP contribution in [0.3, 0.4) is 0 Å². The number of benzene rings is 1. The van der Waals surface area contributed by atoms with Crippen molar-refractivity contribution in [2.24, 2.45) is 0 Å². The Bertz CT molecular complexity index is 844. The second-order valence-corrected chi connectivity index (χ2v) is 6.55. The molecular weight excluding hydrogens is 348 g/mol. The fraction of sp³-hybridized carbons (Fsp3) is 0.211. The van der Waals surface area contributed by atoms with Crippen molar-refractivity contribution in [3.8, 4) is 0 Å². The van der Waals surface area contributed by atoms with Gasteiger partial charge in [0.25, 0.3) is 0 Å². The molecule has 0 saturated carbocycles. The summed E-state index contributed by atoms with van der Waals surface area (Å²) >= 11 is 1.36. The van der Waals surface area contributed by atoms with E-state index in [2.05, 4.69) is 34.2 Å². The maximum absolute atomic E-state index is 12.0. The van der Waals surface area contributed by atoms with Crippen LogP contribution in [0.1, 0.15) is 17.1 Å². The molecule has 134 valence electrons. The largest absolute Gasteiger partial charge is 0.467 e. The Labute approximate surface area is 156 Å². The quantitative estimate of drug-likeness (QED) is 0.464. The number of carbonyl (C=O) groups is 1. The van der Waals surface area contributed by atoms with Gasteiger partial charge in [0.1, 0.15) is 11.6 Å². The summed E-state index contributed by atoms with van der Waals surface area (Å²) in [6.45, 7) is 4.79. The Morgan fingerprint density at radius 3 is 2.81 bits per heavy atom. The minimum absolute atomic E-state index is 0.0795. The standard InChI is InChI=1S/C19H20N4O2S/c1-2-10-23-17(12-15-7-4-3-5-8-15)21-22-19(23)26-14-18(24)20-13-16-9-6-11-25-16/h2-9,11H,1,10,12-14H2,(H,20,24). The van der Waals surface area contributed by atoms with Crippen LogP contribution in [0.15, 0.2) is 71.0 Å². The Morgan fingerprint density at radius 2 is 2.08 bits per heavy atom. The van der Waals surface area contributed by atoms with Gasteiger partial charge in [0.2, 0.25) is 5.91 Å². The zero-order chi connectivity index (χ0) is 18.2. The van der Waals surface area contributed by atoms with Crippen LogP contribution in [0.2, 0.25) is 0 Å². The van der Waals surface area contributed by atoms with E-state index in [1.54, 1.807) is 18.4 Å². The minimum Gasteiger partial charge on any atom is -0.467 e. The molecule has 0 bridgehead atoms. The first-order valence-corrected chi connectivity index (χ1v) is 9.23. The van der Waals surface area contributed by atoms with E-state index in [9.17, 15) is 4.79 Å². The van der Waals surface area contributed by atoms with Crippen molar-refractivity contribution >= 4 is 17.7 Å². The van der Waals surface area contributed by atoms with Crippen LogP contribution in [0.5, 0.6) is 0 Å². The third-order valence-corrected chi connectivity index (χ3v) is 4.65. The first-order valence-electron chi connectivity index (χ1n) is 8.25. The Hall–Kier alpha value is -2.80. The second kappa shape index (κ2) is 9.05. The Morgan fingerprint density at radius 1 is 1.23 bits per heavy atom. The average molecular weight is 368 g/mol. The highest BCUT2D eigenvalue weighted by Crippen LogP contribution is 2.19. The summed E-state index contributed by atoms with van der Waals surface area (Å²) in [5.41, 5.74) is 1.16. The molecule has 3 aromatic rings. The van der Waals surface area contributed by atoms with Gasteiger partial charge in [-0.05, 0) is 17.7 Å². The third kappa shape index (κ3) is 4.86. The van der Waals surface area contributed by atoms with Gasteiger partial charge >= 0.3 is 0 Å². The summed E-state index contributed by atoms with van der Waals surface area (Å²) in [4.78, 5) is 12.0. The number of carbonyl (C=O) groups excluding carboxylic acids is 1. The number of hydrogen-bond donors (Lipinski definition) is 1. The lowest BCUT2D eigenvalue weighted by Gasteiger charge is -2.08. The Kier molecular flexibility index (Phi) is 6.27. The number of allylic oxidation sites excluding steroid dienone is 1. The molecule has 7 heteroatoms. The molecule has 0 fully saturated rings. The SMILES string of the molecule is C=CCn1c(Cc2ccccc2)nnc1SCC(=O)NCc1ccco1. The van der Waals surface area contributed by atoms with Gasteiger partial charge in [0.05, 0.1) is 18.6 Å². The minimum atomic E-state index is -0.0795. The second-order valence-electron chi connectivity index (χ2n) is 5.61. The van der Waals surface area contributed by atoms with Crippen LogP contribution in [-0.4, -0.2) is 26.4 Å². The summed E-state index contributed by atoms with van der Waals surface area (Å²) in [7, 11) is 0. The highest BCUT2D eigenvalue weighted by Gasteiger charge is 2.14. The lowest BCUT2D eigenvalue weighted by Crippen LogP contribution is -2.24. The van der Waals surface area contributed by atoms with E-state index in [1.165, 1.54) is 11.8 Å². The van der Waals surface area contributed by atoms with Crippen molar-refractivity contribution in [3.63, 3.8) is 0 Å². The topological polar surface area (TPSA) is 73.0 Å². The maximum Gasteiger partial charge on any atom is 0.230 e. The van der Waals surface area contributed by atoms with Crippen LogP contribution in [0, 0.1) is 0 Å². The van der Waals surface area contributed by atoms with E-state index in [4.69, 9.17) is 4.42 Å². The van der Waals surface area contributed by atoms with Crippen LogP contribution in [-0.2, 0) is 24.3 Å². The molecule has 26 heavy (non-hydrogen) atoms. The maximum atomic E-state index is 12.0. The predicted molar refractivity (Wildman–Crippen MR) is 101 cm³/mol. The molecule has 0 radical (unpaired) electrons. The number of nitrogens with one attached hydrogen (secondary N) is 1. The normalized spacial score (nSPS) is 10.6. The number of thioether (sulfide) groups is 1. The van der Waals surface area contributed by atoms with Crippen molar-refractivity contribution < 1.29 is 9.21 Å². The van der Waals surface area contributed by atoms with Gasteiger partial charge in [-0.2, -0.15) is 0 Å². The van der Waals surface area contributed by atoms with E-state index in [0.717, 1.165) is 17.1 Å². The highest BCUT2D eigenvalue weighted by atomic mass is 32.2. The highest BCUT2D eigenvalue weighted by molar-refractivity contribution is 7.99. The van der Waals surface area contributed by atoms with Crippen LogP contribution in [0.25, 0.3) is 0 Å². The molecular formula is C19H20N4O2S. The van der Waals surface area contributed by atoms with Gasteiger partial charge in [-0.1, -0.05) is 48.2 Å². The van der Waals surface area contributed by atoms with Gasteiger partial charge in [-0.25, -0.2) is 0 Å². The van der Waals surface area contributed by atoms with Crippen LogP contribution >= 0.6 is 11.8 Å². The third-order valence-electron chi connectivity index (χ3n) is 3.68. The van der Waals surface area contributed by atoms with Gasteiger partial charge in [0.15, 0.2) is 5.16 Å². The molecule has 6 nitrogen and oxygen atoms in total. The average Bonchev–Trinajstić information content (AvgIpc) is 3.30. The fourth-order valence-electron chi connectivity index (χ4n) is 2.43.